The van der Waals surface area contributed by atoms with Gasteiger partial charge in [0.1, 0.15) is 16.5 Å². The Bertz CT molecular complexity index is 592. The molecule has 0 aliphatic heterocycles. The first-order chi connectivity index (χ1) is 8.18. The van der Waals surface area contributed by atoms with Crippen LogP contribution in [0.15, 0.2) is 23.1 Å². The van der Waals surface area contributed by atoms with Crippen molar-refractivity contribution in [2.45, 2.75) is 18.7 Å². The van der Waals surface area contributed by atoms with E-state index in [0.717, 1.165) is 12.1 Å². The molecule has 0 atom stereocenters. The van der Waals surface area contributed by atoms with Crippen molar-refractivity contribution >= 4 is 10.0 Å². The van der Waals surface area contributed by atoms with E-state index in [-0.39, 0.29) is 6.54 Å². The second kappa shape index (κ2) is 5.00. The third kappa shape index (κ3) is 3.48. The van der Waals surface area contributed by atoms with Gasteiger partial charge in [0, 0.05) is 6.54 Å². The largest absolute Gasteiger partial charge is 0.243 e. The van der Waals surface area contributed by atoms with Crippen molar-refractivity contribution < 1.29 is 17.2 Å². The smallest absolute Gasteiger partial charge is 0.209 e. The first kappa shape index (κ1) is 14.5. The summed E-state index contributed by atoms with van der Waals surface area (Å²) in [5.74, 6) is -1.89. The predicted molar refractivity (Wildman–Crippen MR) is 60.9 cm³/mol. The molecule has 0 radical (unpaired) electrons. The van der Waals surface area contributed by atoms with Crippen LogP contribution in [-0.2, 0) is 10.0 Å². The molecule has 98 valence electrons. The fourth-order valence-electron chi connectivity index (χ4n) is 1.08. The highest BCUT2D eigenvalue weighted by atomic mass is 32.2. The van der Waals surface area contributed by atoms with Crippen molar-refractivity contribution in [2.75, 3.05) is 6.54 Å². The van der Waals surface area contributed by atoms with Crippen LogP contribution in [0.5, 0.6) is 0 Å². The van der Waals surface area contributed by atoms with Crippen LogP contribution >= 0.6 is 0 Å². The summed E-state index contributed by atoms with van der Waals surface area (Å²) in [5, 5.41) is 8.74. The molecule has 1 N–H and O–H groups in total. The summed E-state index contributed by atoms with van der Waals surface area (Å²) < 4.78 is 51.8. The van der Waals surface area contributed by atoms with E-state index in [1.807, 2.05) is 6.07 Å². The molecule has 0 aliphatic carbocycles. The van der Waals surface area contributed by atoms with Gasteiger partial charge in [-0.2, -0.15) is 5.26 Å². The van der Waals surface area contributed by atoms with Crippen molar-refractivity contribution in [3.63, 3.8) is 0 Å². The number of hydrogen-bond donors (Lipinski definition) is 1. The molecule has 0 saturated carbocycles. The Labute approximate surface area is 104 Å². The summed E-state index contributed by atoms with van der Waals surface area (Å²) in [6.45, 7) is 2.86. The summed E-state index contributed by atoms with van der Waals surface area (Å²) in [7, 11) is -4.17. The zero-order chi connectivity index (χ0) is 14.0. The van der Waals surface area contributed by atoms with Gasteiger partial charge in [0.05, 0.1) is 11.5 Å². The van der Waals surface area contributed by atoms with Gasteiger partial charge < -0.3 is 0 Å². The van der Waals surface area contributed by atoms with Crippen LogP contribution in [-0.4, -0.2) is 15.0 Å². The van der Waals surface area contributed by atoms with Crippen LogP contribution in [0.2, 0.25) is 0 Å². The first-order valence-electron chi connectivity index (χ1n) is 5.04. The van der Waals surface area contributed by atoms with E-state index in [1.165, 1.54) is 13.8 Å². The molecule has 7 heteroatoms. The molecule has 1 aromatic rings. The van der Waals surface area contributed by atoms with Crippen molar-refractivity contribution in [1.29, 1.82) is 5.26 Å². The van der Waals surface area contributed by atoms with E-state index < -0.39 is 32.0 Å². The van der Waals surface area contributed by atoms with Crippen molar-refractivity contribution in [2.24, 2.45) is 5.41 Å². The van der Waals surface area contributed by atoms with Crippen LogP contribution in [0.3, 0.4) is 0 Å². The average Bonchev–Trinajstić information content (AvgIpc) is 2.30. The summed E-state index contributed by atoms with van der Waals surface area (Å²) in [6.07, 6.45) is 0. The average molecular weight is 274 g/mol. The summed E-state index contributed by atoms with van der Waals surface area (Å²) in [5.41, 5.74) is -0.934. The normalized spacial score (nSPS) is 12.2. The van der Waals surface area contributed by atoms with E-state index in [9.17, 15) is 17.2 Å². The highest BCUT2D eigenvalue weighted by Crippen LogP contribution is 2.17. The lowest BCUT2D eigenvalue weighted by Crippen LogP contribution is -2.33. The molecule has 0 unspecified atom stereocenters. The van der Waals surface area contributed by atoms with Crippen LogP contribution in [0, 0.1) is 28.4 Å². The Morgan fingerprint density at radius 1 is 1.39 bits per heavy atom. The van der Waals surface area contributed by atoms with E-state index in [4.69, 9.17) is 5.26 Å². The number of nitriles is 1. The number of nitrogens with zero attached hydrogens (tertiary/aromatic N) is 1. The molecule has 0 aliphatic rings. The SMILES string of the molecule is CC(C)(C#N)CNS(=O)(=O)c1cc(F)ccc1F. The van der Waals surface area contributed by atoms with E-state index in [0.29, 0.717) is 6.07 Å². The molecule has 0 heterocycles. The van der Waals surface area contributed by atoms with Crippen molar-refractivity contribution in [1.82, 2.24) is 4.72 Å². The lowest BCUT2D eigenvalue weighted by molar-refractivity contribution is 0.475. The zero-order valence-electron chi connectivity index (χ0n) is 9.87. The predicted octanol–water partition coefficient (Wildman–Crippen LogP) is 1.79. The van der Waals surface area contributed by atoms with Crippen LogP contribution < -0.4 is 4.72 Å². The van der Waals surface area contributed by atoms with Gasteiger partial charge in [-0.1, -0.05) is 0 Å². The maximum Gasteiger partial charge on any atom is 0.243 e. The lowest BCUT2D eigenvalue weighted by Gasteiger charge is -2.16. The number of rotatable bonds is 4. The molecule has 0 spiro atoms. The highest BCUT2D eigenvalue weighted by Gasteiger charge is 2.24. The van der Waals surface area contributed by atoms with Gasteiger partial charge in [0.2, 0.25) is 10.0 Å². The van der Waals surface area contributed by atoms with Crippen LogP contribution in [0.4, 0.5) is 8.78 Å². The number of hydrogen-bond acceptors (Lipinski definition) is 3. The zero-order valence-corrected chi connectivity index (χ0v) is 10.7. The Morgan fingerprint density at radius 3 is 2.56 bits per heavy atom. The van der Waals surface area contributed by atoms with E-state index >= 15 is 0 Å². The Kier molecular flexibility index (Phi) is 4.04. The monoisotopic (exact) mass is 274 g/mol. The van der Waals surface area contributed by atoms with Gasteiger partial charge in [0.15, 0.2) is 0 Å². The molecular formula is C11H12F2N2O2S. The minimum Gasteiger partial charge on any atom is -0.209 e. The van der Waals surface area contributed by atoms with E-state index in [1.54, 1.807) is 0 Å². The van der Waals surface area contributed by atoms with Gasteiger partial charge >= 0.3 is 0 Å². The molecular weight excluding hydrogens is 262 g/mol. The molecule has 1 rings (SSSR count). The number of sulfonamides is 1. The Morgan fingerprint density at radius 2 is 2.00 bits per heavy atom. The maximum absolute atomic E-state index is 13.3. The van der Waals surface area contributed by atoms with Crippen LogP contribution in [0.1, 0.15) is 13.8 Å². The third-order valence-electron chi connectivity index (χ3n) is 2.19. The second-order valence-electron chi connectivity index (χ2n) is 4.39. The van der Waals surface area contributed by atoms with Crippen molar-refractivity contribution in [3.05, 3.63) is 29.8 Å². The van der Waals surface area contributed by atoms with Crippen molar-refractivity contribution in [3.8, 4) is 6.07 Å². The summed E-state index contributed by atoms with van der Waals surface area (Å²) in [4.78, 5) is -0.767. The molecule has 18 heavy (non-hydrogen) atoms. The second-order valence-corrected chi connectivity index (χ2v) is 6.13. The fourth-order valence-corrected chi connectivity index (χ4v) is 2.37. The molecule has 0 saturated heterocycles. The topological polar surface area (TPSA) is 70.0 Å². The molecule has 4 nitrogen and oxygen atoms in total. The standard InChI is InChI=1S/C11H12F2N2O2S/c1-11(2,6-14)7-15-18(16,17)10-5-8(12)3-4-9(10)13/h3-5,15H,7H2,1-2H3. The fraction of sp³-hybridized carbons (Fsp3) is 0.364. The molecule has 0 amide bonds. The molecule has 1 aromatic carbocycles. The van der Waals surface area contributed by atoms with Gasteiger partial charge in [-0.3, -0.25) is 0 Å². The lowest BCUT2D eigenvalue weighted by atomic mass is 9.97. The molecule has 0 fully saturated rings. The summed E-state index contributed by atoms with van der Waals surface area (Å²) >= 11 is 0. The van der Waals surface area contributed by atoms with Gasteiger partial charge in [0.25, 0.3) is 0 Å². The number of nitrogens with one attached hydrogen (secondary N) is 1. The quantitative estimate of drug-likeness (QED) is 0.910. The third-order valence-corrected chi connectivity index (χ3v) is 3.61. The van der Waals surface area contributed by atoms with Gasteiger partial charge in [-0.25, -0.2) is 21.9 Å². The first-order valence-corrected chi connectivity index (χ1v) is 6.52. The Hall–Kier alpha value is -1.52. The molecule has 0 aromatic heterocycles. The Balaban J connectivity index is 3.02. The molecule has 0 bridgehead atoms. The minimum atomic E-state index is -4.17. The maximum atomic E-state index is 13.3. The minimum absolute atomic E-state index is 0.193. The van der Waals surface area contributed by atoms with E-state index in [2.05, 4.69) is 4.72 Å². The number of benzene rings is 1. The van der Waals surface area contributed by atoms with Gasteiger partial charge in [-0.05, 0) is 32.0 Å². The number of halogens is 2. The van der Waals surface area contributed by atoms with Crippen LogP contribution in [0.25, 0.3) is 0 Å². The highest BCUT2D eigenvalue weighted by molar-refractivity contribution is 7.89. The van der Waals surface area contributed by atoms with Gasteiger partial charge in [-0.15, -0.1) is 0 Å². The summed E-state index contributed by atoms with van der Waals surface area (Å²) in [6, 6.07) is 4.05.